The van der Waals surface area contributed by atoms with Crippen LogP contribution in [0.4, 0.5) is 0 Å². The minimum absolute atomic E-state index is 0.686. The van der Waals surface area contributed by atoms with Crippen molar-refractivity contribution in [1.29, 1.82) is 0 Å². The van der Waals surface area contributed by atoms with E-state index in [2.05, 4.69) is 26.2 Å². The summed E-state index contributed by atoms with van der Waals surface area (Å²) in [5.74, 6) is 0.686. The first kappa shape index (κ1) is 12.3. The van der Waals surface area contributed by atoms with Gasteiger partial charge in [0.1, 0.15) is 6.26 Å². The van der Waals surface area contributed by atoms with Crippen LogP contribution in [-0.4, -0.2) is 18.6 Å². The lowest BCUT2D eigenvalue weighted by molar-refractivity contribution is 0.571. The van der Waals surface area contributed by atoms with E-state index in [0.29, 0.717) is 5.89 Å². The molecule has 2 aromatic rings. The van der Waals surface area contributed by atoms with Gasteiger partial charge < -0.3 is 9.73 Å². The lowest BCUT2D eigenvalue weighted by Gasteiger charge is -1.96. The minimum atomic E-state index is 0.686. The van der Waals surface area contributed by atoms with Gasteiger partial charge in [0, 0.05) is 10.0 Å². The molecule has 0 saturated carbocycles. The number of oxazole rings is 1. The molecule has 0 fully saturated rings. The van der Waals surface area contributed by atoms with E-state index in [0.717, 1.165) is 35.1 Å². The van der Waals surface area contributed by atoms with Crippen LogP contribution in [0.1, 0.15) is 12.1 Å². The summed E-state index contributed by atoms with van der Waals surface area (Å²) in [5.41, 5.74) is 2.01. The zero-order valence-electron chi connectivity index (χ0n) is 9.74. The largest absolute Gasteiger partial charge is 0.444 e. The predicted octanol–water partition coefficient (Wildman–Crippen LogP) is 3.26. The molecule has 0 radical (unpaired) electrons. The Balaban J connectivity index is 2.07. The monoisotopic (exact) mass is 294 g/mol. The van der Waals surface area contributed by atoms with E-state index in [1.807, 2.05) is 31.3 Å². The van der Waals surface area contributed by atoms with Gasteiger partial charge in [0.05, 0.1) is 5.69 Å². The quantitative estimate of drug-likeness (QED) is 0.860. The van der Waals surface area contributed by atoms with Crippen LogP contribution in [0.5, 0.6) is 0 Å². The van der Waals surface area contributed by atoms with E-state index in [4.69, 9.17) is 4.42 Å². The Morgan fingerprint density at radius 2 is 2.29 bits per heavy atom. The molecule has 0 spiro atoms. The molecule has 0 saturated heterocycles. The van der Waals surface area contributed by atoms with Crippen LogP contribution < -0.4 is 5.32 Å². The van der Waals surface area contributed by atoms with Gasteiger partial charge in [0.15, 0.2) is 0 Å². The number of halogens is 1. The van der Waals surface area contributed by atoms with Crippen molar-refractivity contribution in [1.82, 2.24) is 10.3 Å². The number of rotatable bonds is 5. The molecule has 0 aliphatic heterocycles. The fourth-order valence-corrected chi connectivity index (χ4v) is 2.02. The molecule has 0 atom stereocenters. The van der Waals surface area contributed by atoms with Crippen LogP contribution in [0, 0.1) is 0 Å². The molecule has 17 heavy (non-hydrogen) atoms. The molecule has 1 aromatic carbocycles. The van der Waals surface area contributed by atoms with Gasteiger partial charge in [0.2, 0.25) is 5.89 Å². The highest BCUT2D eigenvalue weighted by Gasteiger charge is 2.06. The van der Waals surface area contributed by atoms with E-state index < -0.39 is 0 Å². The van der Waals surface area contributed by atoms with Crippen LogP contribution in [0.25, 0.3) is 11.5 Å². The van der Waals surface area contributed by atoms with Gasteiger partial charge in [-0.05, 0) is 44.6 Å². The maximum absolute atomic E-state index is 5.48. The molecule has 2 rings (SSSR count). The molecular formula is C13H15BrN2O. The van der Waals surface area contributed by atoms with Crippen molar-refractivity contribution < 1.29 is 4.42 Å². The first-order chi connectivity index (χ1) is 8.29. The maximum atomic E-state index is 5.48. The van der Waals surface area contributed by atoms with Crippen molar-refractivity contribution in [2.24, 2.45) is 0 Å². The van der Waals surface area contributed by atoms with Gasteiger partial charge in [-0.2, -0.15) is 0 Å². The zero-order chi connectivity index (χ0) is 12.1. The topological polar surface area (TPSA) is 38.1 Å². The summed E-state index contributed by atoms with van der Waals surface area (Å²) in [5, 5.41) is 3.12. The smallest absolute Gasteiger partial charge is 0.226 e. The standard InChI is InChI=1S/C13H15BrN2O/c1-15-7-3-6-12-9-17-13(16-12)10-4-2-5-11(14)8-10/h2,4-5,8-9,15H,3,6-7H2,1H3. The Morgan fingerprint density at radius 1 is 1.41 bits per heavy atom. The van der Waals surface area contributed by atoms with E-state index in [-0.39, 0.29) is 0 Å². The van der Waals surface area contributed by atoms with E-state index in [1.54, 1.807) is 6.26 Å². The highest BCUT2D eigenvalue weighted by molar-refractivity contribution is 9.10. The fourth-order valence-electron chi connectivity index (χ4n) is 1.62. The normalized spacial score (nSPS) is 10.7. The first-order valence-corrected chi connectivity index (χ1v) is 6.44. The van der Waals surface area contributed by atoms with Gasteiger partial charge in [0.25, 0.3) is 0 Å². The summed E-state index contributed by atoms with van der Waals surface area (Å²) < 4.78 is 6.52. The number of aryl methyl sites for hydroxylation is 1. The number of hydrogen-bond acceptors (Lipinski definition) is 3. The molecule has 0 unspecified atom stereocenters. The molecule has 1 N–H and O–H groups in total. The molecule has 0 amide bonds. The van der Waals surface area contributed by atoms with Gasteiger partial charge >= 0.3 is 0 Å². The van der Waals surface area contributed by atoms with Crippen molar-refractivity contribution >= 4 is 15.9 Å². The maximum Gasteiger partial charge on any atom is 0.226 e. The summed E-state index contributed by atoms with van der Waals surface area (Å²) >= 11 is 3.44. The fraction of sp³-hybridized carbons (Fsp3) is 0.308. The average Bonchev–Trinajstić information content (AvgIpc) is 2.78. The Bertz CT molecular complexity index is 482. The SMILES string of the molecule is CNCCCc1coc(-c2cccc(Br)c2)n1. The van der Waals surface area contributed by atoms with Gasteiger partial charge in [-0.3, -0.25) is 0 Å². The number of nitrogens with zero attached hydrogens (tertiary/aromatic N) is 1. The van der Waals surface area contributed by atoms with E-state index in [9.17, 15) is 0 Å². The number of aromatic nitrogens is 1. The Morgan fingerprint density at radius 3 is 3.06 bits per heavy atom. The molecule has 0 aliphatic carbocycles. The molecule has 0 aliphatic rings. The molecule has 1 heterocycles. The molecule has 1 aromatic heterocycles. The summed E-state index contributed by atoms with van der Waals surface area (Å²) in [6.07, 6.45) is 3.76. The summed E-state index contributed by atoms with van der Waals surface area (Å²) in [7, 11) is 1.95. The summed E-state index contributed by atoms with van der Waals surface area (Å²) in [6, 6.07) is 7.96. The summed E-state index contributed by atoms with van der Waals surface area (Å²) in [4.78, 5) is 4.48. The summed E-state index contributed by atoms with van der Waals surface area (Å²) in [6.45, 7) is 0.999. The predicted molar refractivity (Wildman–Crippen MR) is 71.9 cm³/mol. The number of nitrogens with one attached hydrogen (secondary N) is 1. The zero-order valence-corrected chi connectivity index (χ0v) is 11.3. The molecule has 0 bridgehead atoms. The average molecular weight is 295 g/mol. The molecule has 3 nitrogen and oxygen atoms in total. The van der Waals surface area contributed by atoms with Crippen molar-refractivity contribution in [3.05, 3.63) is 40.7 Å². The second-order valence-electron chi connectivity index (χ2n) is 3.86. The number of benzene rings is 1. The molecule has 4 heteroatoms. The van der Waals surface area contributed by atoms with Gasteiger partial charge in [-0.15, -0.1) is 0 Å². The Hall–Kier alpha value is -1.13. The lowest BCUT2D eigenvalue weighted by atomic mass is 10.2. The third-order valence-corrected chi connectivity index (χ3v) is 2.98. The van der Waals surface area contributed by atoms with Crippen LogP contribution in [0.2, 0.25) is 0 Å². The molecule has 90 valence electrons. The number of hydrogen-bond donors (Lipinski definition) is 1. The molecular weight excluding hydrogens is 280 g/mol. The third-order valence-electron chi connectivity index (χ3n) is 2.48. The second-order valence-corrected chi connectivity index (χ2v) is 4.78. The van der Waals surface area contributed by atoms with Crippen molar-refractivity contribution in [3.8, 4) is 11.5 Å². The van der Waals surface area contributed by atoms with Crippen LogP contribution >= 0.6 is 15.9 Å². The van der Waals surface area contributed by atoms with Crippen molar-refractivity contribution in [3.63, 3.8) is 0 Å². The van der Waals surface area contributed by atoms with Gasteiger partial charge in [-0.1, -0.05) is 22.0 Å². The first-order valence-electron chi connectivity index (χ1n) is 5.64. The highest BCUT2D eigenvalue weighted by Crippen LogP contribution is 2.22. The van der Waals surface area contributed by atoms with E-state index in [1.165, 1.54) is 0 Å². The minimum Gasteiger partial charge on any atom is -0.444 e. The van der Waals surface area contributed by atoms with Crippen LogP contribution in [-0.2, 0) is 6.42 Å². The highest BCUT2D eigenvalue weighted by atomic mass is 79.9. The Kier molecular flexibility index (Phi) is 4.34. The van der Waals surface area contributed by atoms with Gasteiger partial charge in [-0.25, -0.2) is 4.98 Å². The van der Waals surface area contributed by atoms with E-state index >= 15 is 0 Å². The van der Waals surface area contributed by atoms with Crippen LogP contribution in [0.15, 0.2) is 39.4 Å². The van der Waals surface area contributed by atoms with Crippen molar-refractivity contribution in [2.45, 2.75) is 12.8 Å². The second kappa shape index (κ2) is 5.98. The third kappa shape index (κ3) is 3.41. The Labute approximate surface area is 109 Å². The van der Waals surface area contributed by atoms with Crippen LogP contribution in [0.3, 0.4) is 0 Å². The van der Waals surface area contributed by atoms with Crippen molar-refractivity contribution in [2.75, 3.05) is 13.6 Å². The lowest BCUT2D eigenvalue weighted by Crippen LogP contribution is -2.08.